The molecule has 1 amide bonds. The van der Waals surface area contributed by atoms with Gasteiger partial charge < -0.3 is 10.4 Å². The number of carbonyl (C=O) groups excluding carboxylic acids is 1. The molecule has 4 nitrogen and oxygen atoms in total. The lowest BCUT2D eigenvalue weighted by atomic mass is 10.1. The number of anilines is 1. The van der Waals surface area contributed by atoms with E-state index in [-0.39, 0.29) is 12.5 Å². The normalized spacial score (nSPS) is 9.62. The first-order valence-electron chi connectivity index (χ1n) is 6.58. The second kappa shape index (κ2) is 7.22. The summed E-state index contributed by atoms with van der Waals surface area (Å²) in [5, 5.41) is 11.4. The molecule has 1 aromatic carbocycles. The van der Waals surface area contributed by atoms with Crippen molar-refractivity contribution in [2.45, 2.75) is 13.3 Å². The Labute approximate surface area is 123 Å². The molecule has 0 aliphatic carbocycles. The lowest BCUT2D eigenvalue weighted by Crippen LogP contribution is -2.15. The zero-order valence-electron chi connectivity index (χ0n) is 11.8. The summed E-state index contributed by atoms with van der Waals surface area (Å²) in [6.45, 7) is 1.80. The van der Waals surface area contributed by atoms with Crippen LogP contribution < -0.4 is 5.32 Å². The molecular weight excluding hydrogens is 264 g/mol. The Kier molecular flexibility index (Phi) is 5.08. The van der Waals surface area contributed by atoms with Gasteiger partial charge in [-0.3, -0.25) is 4.79 Å². The van der Waals surface area contributed by atoms with Crippen molar-refractivity contribution in [3.05, 3.63) is 59.3 Å². The van der Waals surface area contributed by atoms with Gasteiger partial charge >= 0.3 is 0 Å². The number of hydrogen-bond acceptors (Lipinski definition) is 3. The number of carbonyl (C=O) groups is 1. The Morgan fingerprint density at radius 2 is 2.19 bits per heavy atom. The van der Waals surface area contributed by atoms with Crippen molar-refractivity contribution < 1.29 is 9.90 Å². The Morgan fingerprint density at radius 3 is 2.95 bits per heavy atom. The fourth-order valence-corrected chi connectivity index (χ4v) is 1.91. The first-order valence-corrected chi connectivity index (χ1v) is 6.58. The van der Waals surface area contributed by atoms with Crippen LogP contribution in [0.2, 0.25) is 0 Å². The van der Waals surface area contributed by atoms with Crippen molar-refractivity contribution in [3.63, 3.8) is 0 Å². The van der Waals surface area contributed by atoms with E-state index in [1.165, 1.54) is 0 Å². The van der Waals surface area contributed by atoms with Crippen molar-refractivity contribution in [1.29, 1.82) is 0 Å². The number of aromatic nitrogens is 1. The highest BCUT2D eigenvalue weighted by atomic mass is 16.2. The largest absolute Gasteiger partial charge is 0.384 e. The highest BCUT2D eigenvalue weighted by Crippen LogP contribution is 2.08. The van der Waals surface area contributed by atoms with Gasteiger partial charge in [-0.2, -0.15) is 0 Å². The summed E-state index contributed by atoms with van der Waals surface area (Å²) in [5.74, 6) is 5.66. The van der Waals surface area contributed by atoms with E-state index >= 15 is 0 Å². The summed E-state index contributed by atoms with van der Waals surface area (Å²) in [4.78, 5) is 16.1. The second-order valence-electron chi connectivity index (χ2n) is 4.60. The molecule has 0 bridgehead atoms. The molecule has 0 unspecified atom stereocenters. The smallest absolute Gasteiger partial charge is 0.229 e. The fourth-order valence-electron chi connectivity index (χ4n) is 1.91. The molecule has 0 aliphatic heterocycles. The van der Waals surface area contributed by atoms with Crippen LogP contribution in [0.3, 0.4) is 0 Å². The van der Waals surface area contributed by atoms with Gasteiger partial charge in [-0.05, 0) is 24.6 Å². The Hall–Kier alpha value is -2.64. The molecule has 2 aromatic rings. The zero-order valence-corrected chi connectivity index (χ0v) is 11.8. The molecular formula is C17H16N2O2. The Bertz CT molecular complexity index is 699. The van der Waals surface area contributed by atoms with Crippen molar-refractivity contribution >= 4 is 11.7 Å². The number of aryl methyl sites for hydroxylation is 1. The molecule has 0 spiro atoms. The van der Waals surface area contributed by atoms with Gasteiger partial charge in [0.1, 0.15) is 12.4 Å². The summed E-state index contributed by atoms with van der Waals surface area (Å²) >= 11 is 0. The van der Waals surface area contributed by atoms with E-state index in [1.54, 1.807) is 18.3 Å². The quantitative estimate of drug-likeness (QED) is 0.844. The van der Waals surface area contributed by atoms with E-state index < -0.39 is 0 Å². The summed E-state index contributed by atoms with van der Waals surface area (Å²) < 4.78 is 0. The molecule has 21 heavy (non-hydrogen) atoms. The van der Waals surface area contributed by atoms with Gasteiger partial charge in [-0.15, -0.1) is 0 Å². The molecule has 1 aromatic heterocycles. The van der Waals surface area contributed by atoms with Gasteiger partial charge in [0, 0.05) is 11.8 Å². The summed E-state index contributed by atoms with van der Waals surface area (Å²) in [7, 11) is 0. The topological polar surface area (TPSA) is 62.2 Å². The van der Waals surface area contributed by atoms with Crippen molar-refractivity contribution in [2.75, 3.05) is 11.9 Å². The van der Waals surface area contributed by atoms with Crippen LogP contribution in [-0.4, -0.2) is 22.6 Å². The predicted octanol–water partition coefficient (Wildman–Crippen LogP) is 1.92. The number of nitrogens with one attached hydrogen (secondary N) is 1. The van der Waals surface area contributed by atoms with Gasteiger partial charge in [0.15, 0.2) is 0 Å². The summed E-state index contributed by atoms with van der Waals surface area (Å²) in [5.41, 5.74) is 2.79. The standard InChI is InChI=1S/C17H16N2O2/c1-13-4-2-5-15(10-13)12-17(21)19-16-11-14(6-3-9-20)7-8-18-16/h2,4-5,7-8,10-11,20H,9,12H2,1H3,(H,18,19,21). The number of pyridine rings is 1. The SMILES string of the molecule is Cc1cccc(CC(=O)Nc2cc(C#CCO)ccn2)c1. The molecule has 0 aliphatic rings. The van der Waals surface area contributed by atoms with Crippen LogP contribution in [0.25, 0.3) is 0 Å². The molecule has 2 N–H and O–H groups in total. The van der Waals surface area contributed by atoms with Crippen LogP contribution in [0.4, 0.5) is 5.82 Å². The average molecular weight is 280 g/mol. The lowest BCUT2D eigenvalue weighted by molar-refractivity contribution is -0.115. The van der Waals surface area contributed by atoms with Gasteiger partial charge in [0.05, 0.1) is 6.42 Å². The minimum absolute atomic E-state index is 0.125. The van der Waals surface area contributed by atoms with E-state index in [4.69, 9.17) is 5.11 Å². The van der Waals surface area contributed by atoms with E-state index in [2.05, 4.69) is 22.1 Å². The minimum Gasteiger partial charge on any atom is -0.384 e. The van der Waals surface area contributed by atoms with Gasteiger partial charge in [-0.25, -0.2) is 4.98 Å². The number of benzene rings is 1. The molecule has 0 saturated heterocycles. The molecule has 0 saturated carbocycles. The predicted molar refractivity (Wildman–Crippen MR) is 81.7 cm³/mol. The van der Waals surface area contributed by atoms with Crippen LogP contribution in [0.1, 0.15) is 16.7 Å². The monoisotopic (exact) mass is 280 g/mol. The third-order valence-electron chi connectivity index (χ3n) is 2.79. The molecule has 0 radical (unpaired) electrons. The molecule has 0 atom stereocenters. The molecule has 4 heteroatoms. The van der Waals surface area contributed by atoms with Crippen LogP contribution >= 0.6 is 0 Å². The minimum atomic E-state index is -0.197. The third-order valence-corrected chi connectivity index (χ3v) is 2.79. The number of nitrogens with zero attached hydrogens (tertiary/aromatic N) is 1. The third kappa shape index (κ3) is 4.75. The van der Waals surface area contributed by atoms with Crippen molar-refractivity contribution in [3.8, 4) is 11.8 Å². The number of aliphatic hydroxyl groups excluding tert-OH is 1. The van der Waals surface area contributed by atoms with Gasteiger partial charge in [0.2, 0.25) is 5.91 Å². The van der Waals surface area contributed by atoms with E-state index in [1.807, 2.05) is 31.2 Å². The number of amides is 1. The number of rotatable bonds is 3. The van der Waals surface area contributed by atoms with Crippen LogP contribution in [0.15, 0.2) is 42.6 Å². The Morgan fingerprint density at radius 1 is 1.33 bits per heavy atom. The maximum atomic E-state index is 12.0. The zero-order chi connectivity index (χ0) is 15.1. The van der Waals surface area contributed by atoms with Crippen LogP contribution in [-0.2, 0) is 11.2 Å². The lowest BCUT2D eigenvalue weighted by Gasteiger charge is -2.05. The highest BCUT2D eigenvalue weighted by Gasteiger charge is 2.05. The van der Waals surface area contributed by atoms with Gasteiger partial charge in [-0.1, -0.05) is 41.7 Å². The first kappa shape index (κ1) is 14.8. The average Bonchev–Trinajstić information content (AvgIpc) is 2.45. The second-order valence-corrected chi connectivity index (χ2v) is 4.60. The van der Waals surface area contributed by atoms with Gasteiger partial charge in [0.25, 0.3) is 0 Å². The van der Waals surface area contributed by atoms with Crippen molar-refractivity contribution in [1.82, 2.24) is 4.98 Å². The molecule has 106 valence electrons. The molecule has 2 rings (SSSR count). The van der Waals surface area contributed by atoms with Crippen molar-refractivity contribution in [2.24, 2.45) is 0 Å². The summed E-state index contributed by atoms with van der Waals surface area (Å²) in [6, 6.07) is 11.2. The summed E-state index contributed by atoms with van der Waals surface area (Å²) in [6.07, 6.45) is 1.87. The molecule has 1 heterocycles. The maximum Gasteiger partial charge on any atom is 0.229 e. The molecule has 0 fully saturated rings. The maximum absolute atomic E-state index is 12.0. The number of hydrogen-bond donors (Lipinski definition) is 2. The fraction of sp³-hybridized carbons (Fsp3) is 0.176. The van der Waals surface area contributed by atoms with Crippen LogP contribution in [0, 0.1) is 18.8 Å². The first-order chi connectivity index (χ1) is 10.2. The van der Waals surface area contributed by atoms with E-state index in [9.17, 15) is 4.79 Å². The Balaban J connectivity index is 2.02. The number of aliphatic hydroxyl groups is 1. The highest BCUT2D eigenvalue weighted by molar-refractivity contribution is 5.91. The van der Waals surface area contributed by atoms with Crippen LogP contribution in [0.5, 0.6) is 0 Å². The van der Waals surface area contributed by atoms with E-state index in [0.29, 0.717) is 17.8 Å². The van der Waals surface area contributed by atoms with E-state index in [0.717, 1.165) is 11.1 Å².